The predicted octanol–water partition coefficient (Wildman–Crippen LogP) is 5.80. The molecule has 0 aromatic rings. The van der Waals surface area contributed by atoms with Crippen LogP contribution >= 0.6 is 7.82 Å². The number of esters is 2. The molecule has 0 aliphatic heterocycles. The average Bonchev–Trinajstić information content (AvgIpc) is 2.93. The van der Waals surface area contributed by atoms with Gasteiger partial charge in [-0.05, 0) is 12.8 Å². The maximum Gasteiger partial charge on any atom is 0.323 e. The Balaban J connectivity index is 4.59. The lowest BCUT2D eigenvalue weighted by Crippen LogP contribution is -2.46. The first-order chi connectivity index (χ1) is 20.1. The lowest BCUT2D eigenvalue weighted by atomic mass is 10.1. The van der Waals surface area contributed by atoms with Crippen molar-refractivity contribution in [3.63, 3.8) is 0 Å². The number of hydrogen-bond acceptors (Lipinski definition) is 9. The van der Waals surface area contributed by atoms with Gasteiger partial charge in [0.15, 0.2) is 0 Å². The number of ether oxygens (including phenoxy) is 2. The van der Waals surface area contributed by atoms with Crippen LogP contribution in [0.25, 0.3) is 0 Å². The zero-order valence-corrected chi connectivity index (χ0v) is 26.9. The first-order valence-electron chi connectivity index (χ1n) is 16.1. The smallest absolute Gasteiger partial charge is 0.323 e. The van der Waals surface area contributed by atoms with Crippen molar-refractivity contribution >= 4 is 25.7 Å². The van der Waals surface area contributed by atoms with Gasteiger partial charge in [0.1, 0.15) is 18.8 Å². The molecule has 0 rings (SSSR count). The van der Waals surface area contributed by atoms with Gasteiger partial charge in [-0.3, -0.25) is 24.3 Å². The molecule has 3 N–H and O–H groups in total. The van der Waals surface area contributed by atoms with E-state index in [2.05, 4.69) is 23.7 Å². The van der Waals surface area contributed by atoms with E-state index < -0.39 is 44.5 Å². The fraction of sp³-hybridized carbons (Fsp3) is 0.900. The second kappa shape index (κ2) is 27.1. The Labute approximate surface area is 253 Å². The predicted molar refractivity (Wildman–Crippen MR) is 160 cm³/mol. The summed E-state index contributed by atoms with van der Waals surface area (Å²) >= 11 is 0. The van der Waals surface area contributed by atoms with Gasteiger partial charge in [-0.1, -0.05) is 117 Å². The Morgan fingerprint density at radius 2 is 1.14 bits per heavy atom. The highest BCUT2D eigenvalue weighted by molar-refractivity contribution is 7.44. The molecule has 3 atom stereocenters. The molecule has 42 heavy (non-hydrogen) atoms. The number of carboxylic acid groups (broad SMARTS) is 1. The second-order valence-corrected chi connectivity index (χ2v) is 12.2. The van der Waals surface area contributed by atoms with Crippen LogP contribution < -0.4 is 10.2 Å². The lowest BCUT2D eigenvalue weighted by molar-refractivity contribution is -0.220. The molecule has 12 heteroatoms. The van der Waals surface area contributed by atoms with Crippen molar-refractivity contribution in [1.29, 1.82) is 0 Å². The van der Waals surface area contributed by atoms with Crippen LogP contribution in [-0.4, -0.2) is 59.8 Å². The first kappa shape index (κ1) is 40.5. The standard InChI is InChI=1S/C30H58NO10P/c1-3-5-7-9-11-13-15-17-19-21-28(32)39-24-26(23-31-27(30(34)35)25-40-42(36,37)38)41-29(33)22-20-18-16-14-12-10-8-6-4-2/h26-27,31H,3-25H2,1-2H3,(H,34,35)(H2,36,37,38)/p-1/t26?,27-/m0/s1. The van der Waals surface area contributed by atoms with Gasteiger partial charge in [0, 0.05) is 19.4 Å². The van der Waals surface area contributed by atoms with E-state index in [1.54, 1.807) is 0 Å². The largest absolute Gasteiger partial charge is 0.756 e. The van der Waals surface area contributed by atoms with Crippen molar-refractivity contribution in [3.05, 3.63) is 0 Å². The van der Waals surface area contributed by atoms with E-state index >= 15 is 0 Å². The van der Waals surface area contributed by atoms with Gasteiger partial charge in [0.05, 0.1) is 6.61 Å². The van der Waals surface area contributed by atoms with Crippen LogP contribution in [-0.2, 0) is 32.9 Å². The average molecular weight is 623 g/mol. The molecule has 0 heterocycles. The molecule has 0 fully saturated rings. The number of carbonyl (C=O) groups excluding carboxylic acids is 2. The molecule has 0 spiro atoms. The summed E-state index contributed by atoms with van der Waals surface area (Å²) in [6, 6.07) is -1.50. The topological polar surface area (TPSA) is 172 Å². The van der Waals surface area contributed by atoms with Crippen LogP contribution in [0.5, 0.6) is 0 Å². The molecule has 0 aliphatic rings. The van der Waals surface area contributed by atoms with Crippen molar-refractivity contribution in [2.75, 3.05) is 19.8 Å². The van der Waals surface area contributed by atoms with E-state index in [1.807, 2.05) is 0 Å². The van der Waals surface area contributed by atoms with E-state index in [0.717, 1.165) is 38.5 Å². The summed E-state index contributed by atoms with van der Waals surface area (Å²) in [5, 5.41) is 11.9. The monoisotopic (exact) mass is 622 g/mol. The molecule has 2 unspecified atom stereocenters. The van der Waals surface area contributed by atoms with Gasteiger partial charge in [-0.25, -0.2) is 0 Å². The molecule has 0 saturated heterocycles. The van der Waals surface area contributed by atoms with E-state index in [-0.39, 0.29) is 26.0 Å². The van der Waals surface area contributed by atoms with Gasteiger partial charge < -0.3 is 28.9 Å². The van der Waals surface area contributed by atoms with E-state index in [1.165, 1.54) is 64.2 Å². The number of carboxylic acids is 1. The summed E-state index contributed by atoms with van der Waals surface area (Å²) in [6.45, 7) is 3.04. The van der Waals surface area contributed by atoms with E-state index in [0.29, 0.717) is 12.8 Å². The van der Waals surface area contributed by atoms with Crippen LogP contribution in [0.1, 0.15) is 142 Å². The maximum absolute atomic E-state index is 12.5. The molecule has 0 radical (unpaired) electrons. The number of phosphoric ester groups is 1. The third kappa shape index (κ3) is 27.3. The molecule has 0 bridgehead atoms. The second-order valence-electron chi connectivity index (χ2n) is 11.0. The third-order valence-electron chi connectivity index (χ3n) is 6.99. The van der Waals surface area contributed by atoms with Crippen molar-refractivity contribution in [2.24, 2.45) is 0 Å². The van der Waals surface area contributed by atoms with Crippen LogP contribution in [0.3, 0.4) is 0 Å². The van der Waals surface area contributed by atoms with Gasteiger partial charge >= 0.3 is 17.9 Å². The fourth-order valence-corrected chi connectivity index (χ4v) is 4.79. The number of rotatable bonds is 30. The van der Waals surface area contributed by atoms with Crippen LogP contribution in [0.2, 0.25) is 0 Å². The summed E-state index contributed by atoms with van der Waals surface area (Å²) in [6.07, 6.45) is 19.4. The van der Waals surface area contributed by atoms with Crippen molar-refractivity contribution in [3.8, 4) is 0 Å². The normalized spacial score (nSPS) is 14.2. The minimum atomic E-state index is -5.12. The summed E-state index contributed by atoms with van der Waals surface area (Å²) in [5.41, 5.74) is 0. The Morgan fingerprint density at radius 1 is 0.714 bits per heavy atom. The SMILES string of the molecule is CCCCCCCCCCCC(=O)OCC(CN[C@@H](COP(=O)([O-])O)C(=O)O)OC(=O)CCCCCCCCCCC. The number of aliphatic carboxylic acids is 1. The van der Waals surface area contributed by atoms with Crippen LogP contribution in [0, 0.1) is 0 Å². The maximum atomic E-state index is 12.5. The quantitative estimate of drug-likeness (QED) is 0.0502. The summed E-state index contributed by atoms with van der Waals surface area (Å²) < 4.78 is 25.8. The molecular weight excluding hydrogens is 565 g/mol. The third-order valence-corrected chi connectivity index (χ3v) is 7.47. The van der Waals surface area contributed by atoms with Crippen molar-refractivity contribution in [2.45, 2.75) is 154 Å². The molecule has 0 aromatic carbocycles. The number of hydrogen-bond donors (Lipinski definition) is 3. The van der Waals surface area contributed by atoms with Gasteiger partial charge in [-0.2, -0.15) is 0 Å². The van der Waals surface area contributed by atoms with E-state index in [4.69, 9.17) is 14.4 Å². The molecule has 248 valence electrons. The van der Waals surface area contributed by atoms with Gasteiger partial charge in [0.25, 0.3) is 7.82 Å². The Bertz CT molecular complexity index is 746. The Morgan fingerprint density at radius 3 is 1.57 bits per heavy atom. The Hall–Kier alpha value is -1.52. The fourth-order valence-electron chi connectivity index (χ4n) is 4.46. The number of carbonyl (C=O) groups is 3. The number of nitrogens with one attached hydrogen (secondary N) is 1. The molecular formula is C30H57NO10P-. The van der Waals surface area contributed by atoms with Crippen LogP contribution in [0.4, 0.5) is 0 Å². The van der Waals surface area contributed by atoms with Crippen molar-refractivity contribution < 1.29 is 47.8 Å². The summed E-state index contributed by atoms with van der Waals surface area (Å²) in [7, 11) is -5.12. The first-order valence-corrected chi connectivity index (χ1v) is 17.6. The van der Waals surface area contributed by atoms with Gasteiger partial charge in [0.2, 0.25) is 0 Å². The van der Waals surface area contributed by atoms with E-state index in [9.17, 15) is 28.9 Å². The van der Waals surface area contributed by atoms with Crippen LogP contribution in [0.15, 0.2) is 0 Å². The summed E-state index contributed by atoms with van der Waals surface area (Å²) in [5.74, 6) is -2.34. The van der Waals surface area contributed by atoms with Crippen molar-refractivity contribution in [1.82, 2.24) is 5.32 Å². The molecule has 0 aromatic heterocycles. The molecule has 0 saturated carbocycles. The highest BCUT2D eigenvalue weighted by Crippen LogP contribution is 2.30. The lowest BCUT2D eigenvalue weighted by Gasteiger charge is -2.23. The minimum absolute atomic E-state index is 0.189. The number of phosphoric acid groups is 1. The minimum Gasteiger partial charge on any atom is -0.756 e. The Kier molecular flexibility index (Phi) is 26.1. The molecule has 0 amide bonds. The highest BCUT2D eigenvalue weighted by atomic mass is 31.2. The molecule has 11 nitrogen and oxygen atoms in total. The molecule has 0 aliphatic carbocycles. The zero-order chi connectivity index (χ0) is 31.5. The summed E-state index contributed by atoms with van der Waals surface area (Å²) in [4.78, 5) is 55.8. The highest BCUT2D eigenvalue weighted by Gasteiger charge is 2.23. The number of unbranched alkanes of at least 4 members (excludes halogenated alkanes) is 16. The van der Waals surface area contributed by atoms with Gasteiger partial charge in [-0.15, -0.1) is 0 Å². The zero-order valence-electron chi connectivity index (χ0n) is 26.0.